The number of hydrogen-bond donors (Lipinski definition) is 1. The topological polar surface area (TPSA) is 38.7 Å². The van der Waals surface area contributed by atoms with Crippen LogP contribution in [0.15, 0.2) is 6.07 Å². The van der Waals surface area contributed by atoms with Crippen LogP contribution in [0.3, 0.4) is 0 Å². The minimum Gasteiger partial charge on any atom is -0.505 e. The highest BCUT2D eigenvalue weighted by atomic mass is 35.5. The van der Waals surface area contributed by atoms with Gasteiger partial charge in [-0.3, -0.25) is 0 Å². The zero-order chi connectivity index (χ0) is 14.6. The highest BCUT2D eigenvalue weighted by Crippen LogP contribution is 2.39. The Kier molecular flexibility index (Phi) is 3.59. The molecule has 0 radical (unpaired) electrons. The van der Waals surface area contributed by atoms with Crippen LogP contribution in [-0.2, 0) is 9.31 Å². The van der Waals surface area contributed by atoms with Crippen molar-refractivity contribution in [3.63, 3.8) is 0 Å². The van der Waals surface area contributed by atoms with E-state index < -0.39 is 18.3 Å². The highest BCUT2D eigenvalue weighted by Gasteiger charge is 2.52. The molecule has 19 heavy (non-hydrogen) atoms. The molecule has 1 aliphatic heterocycles. The summed E-state index contributed by atoms with van der Waals surface area (Å²) in [4.78, 5) is 0. The molecule has 2 rings (SSSR count). The first-order chi connectivity index (χ1) is 8.57. The lowest BCUT2D eigenvalue weighted by molar-refractivity contribution is 0.00578. The van der Waals surface area contributed by atoms with Crippen LogP contribution >= 0.6 is 23.2 Å². The maximum absolute atomic E-state index is 9.71. The van der Waals surface area contributed by atoms with Crippen LogP contribution < -0.4 is 5.46 Å². The summed E-state index contributed by atoms with van der Waals surface area (Å²) in [6, 6.07) is 1.64. The van der Waals surface area contributed by atoms with E-state index in [0.717, 1.165) is 5.46 Å². The quantitative estimate of drug-likeness (QED) is 0.809. The fourth-order valence-corrected chi connectivity index (χ4v) is 2.41. The first kappa shape index (κ1) is 15.0. The molecular weight excluding hydrogens is 286 g/mol. The van der Waals surface area contributed by atoms with E-state index in [1.54, 1.807) is 13.0 Å². The number of hydrogen-bond acceptors (Lipinski definition) is 3. The third-order valence-corrected chi connectivity index (χ3v) is 4.74. The predicted octanol–water partition coefficient (Wildman–Crippen LogP) is 3.31. The molecule has 0 saturated carbocycles. The third kappa shape index (κ3) is 2.36. The van der Waals surface area contributed by atoms with Crippen LogP contribution in [-0.4, -0.2) is 23.4 Å². The summed E-state index contributed by atoms with van der Waals surface area (Å²) >= 11 is 12.0. The van der Waals surface area contributed by atoms with Crippen LogP contribution in [0.2, 0.25) is 10.0 Å². The van der Waals surface area contributed by atoms with Crippen molar-refractivity contribution in [2.24, 2.45) is 0 Å². The zero-order valence-corrected chi connectivity index (χ0v) is 13.2. The Morgan fingerprint density at radius 3 is 2.05 bits per heavy atom. The van der Waals surface area contributed by atoms with Crippen LogP contribution in [0, 0.1) is 6.92 Å². The monoisotopic (exact) mass is 302 g/mol. The molecule has 3 nitrogen and oxygen atoms in total. The molecular formula is C13H17BCl2O3. The van der Waals surface area contributed by atoms with E-state index in [4.69, 9.17) is 32.5 Å². The Bertz CT molecular complexity index is 513. The fraction of sp³-hybridized carbons (Fsp3) is 0.538. The van der Waals surface area contributed by atoms with Gasteiger partial charge in [0.2, 0.25) is 0 Å². The summed E-state index contributed by atoms with van der Waals surface area (Å²) in [5, 5.41) is 10.1. The average Bonchev–Trinajstić information content (AvgIpc) is 2.50. The number of phenolic OH excluding ortho intramolecular Hbond substituents is 1. The standard InChI is InChI=1S/C13H17BCl2O3/c1-7-8(6-9(15)11(17)10(7)16)14-18-12(2,3)13(4,5)19-14/h6,17H,1-5H3. The van der Waals surface area contributed by atoms with E-state index in [-0.39, 0.29) is 15.8 Å². The van der Waals surface area contributed by atoms with E-state index in [1.807, 2.05) is 27.7 Å². The molecule has 1 heterocycles. The van der Waals surface area contributed by atoms with Crippen LogP contribution in [0.25, 0.3) is 0 Å². The highest BCUT2D eigenvalue weighted by molar-refractivity contribution is 6.63. The minimum atomic E-state index is -0.541. The van der Waals surface area contributed by atoms with Gasteiger partial charge in [0.25, 0.3) is 0 Å². The second-order valence-electron chi connectivity index (χ2n) is 5.82. The van der Waals surface area contributed by atoms with Gasteiger partial charge in [-0.05, 0) is 51.7 Å². The molecule has 1 aromatic carbocycles. The number of halogens is 2. The van der Waals surface area contributed by atoms with Crippen molar-refractivity contribution < 1.29 is 14.4 Å². The molecule has 0 spiro atoms. The van der Waals surface area contributed by atoms with Crippen molar-refractivity contribution in [2.75, 3.05) is 0 Å². The number of rotatable bonds is 1. The number of aromatic hydroxyl groups is 1. The second kappa shape index (κ2) is 4.56. The Morgan fingerprint density at radius 1 is 1.11 bits per heavy atom. The summed E-state index contributed by atoms with van der Waals surface area (Å²) in [5.74, 6) is -0.110. The molecule has 104 valence electrons. The first-order valence-corrected chi connectivity index (χ1v) is 6.85. The Hall–Kier alpha value is -0.415. The Balaban J connectivity index is 2.46. The summed E-state index contributed by atoms with van der Waals surface area (Å²) in [7, 11) is -0.541. The Morgan fingerprint density at radius 2 is 1.58 bits per heavy atom. The van der Waals surface area contributed by atoms with Gasteiger partial charge >= 0.3 is 7.12 Å². The van der Waals surface area contributed by atoms with Crippen LogP contribution in [0.1, 0.15) is 33.3 Å². The first-order valence-electron chi connectivity index (χ1n) is 6.10. The van der Waals surface area contributed by atoms with Crippen LogP contribution in [0.4, 0.5) is 0 Å². The van der Waals surface area contributed by atoms with E-state index in [0.29, 0.717) is 5.56 Å². The van der Waals surface area contributed by atoms with E-state index in [2.05, 4.69) is 0 Å². The average molecular weight is 303 g/mol. The normalized spacial score (nSPS) is 20.9. The molecule has 1 N–H and O–H groups in total. The van der Waals surface area contributed by atoms with Gasteiger partial charge in [-0.15, -0.1) is 0 Å². The molecule has 1 aliphatic rings. The number of benzene rings is 1. The van der Waals surface area contributed by atoms with Crippen molar-refractivity contribution in [1.29, 1.82) is 0 Å². The van der Waals surface area contributed by atoms with Gasteiger partial charge in [0.15, 0.2) is 5.75 Å². The summed E-state index contributed by atoms with van der Waals surface area (Å²) < 4.78 is 11.9. The van der Waals surface area contributed by atoms with Gasteiger partial charge in [0.05, 0.1) is 21.2 Å². The molecule has 1 fully saturated rings. The molecule has 0 unspecified atom stereocenters. The van der Waals surface area contributed by atoms with Gasteiger partial charge in [-0.25, -0.2) is 0 Å². The molecule has 0 atom stereocenters. The second-order valence-corrected chi connectivity index (χ2v) is 6.61. The third-order valence-electron chi connectivity index (χ3n) is 3.99. The van der Waals surface area contributed by atoms with E-state index >= 15 is 0 Å². The summed E-state index contributed by atoms with van der Waals surface area (Å²) in [6.45, 7) is 9.72. The summed E-state index contributed by atoms with van der Waals surface area (Å²) in [6.07, 6.45) is 0. The van der Waals surface area contributed by atoms with E-state index in [9.17, 15) is 5.11 Å². The van der Waals surface area contributed by atoms with Crippen molar-refractivity contribution >= 4 is 35.8 Å². The van der Waals surface area contributed by atoms with Gasteiger partial charge in [-0.2, -0.15) is 0 Å². The lowest BCUT2D eigenvalue weighted by Gasteiger charge is -2.32. The lowest BCUT2D eigenvalue weighted by Crippen LogP contribution is -2.41. The summed E-state index contributed by atoms with van der Waals surface area (Å²) in [5.41, 5.74) is 0.593. The molecule has 1 aromatic rings. The number of phenols is 1. The largest absolute Gasteiger partial charge is 0.505 e. The van der Waals surface area contributed by atoms with Crippen molar-refractivity contribution in [3.05, 3.63) is 21.7 Å². The molecule has 0 bridgehead atoms. The van der Waals surface area contributed by atoms with E-state index in [1.165, 1.54) is 0 Å². The van der Waals surface area contributed by atoms with Gasteiger partial charge in [0, 0.05) is 0 Å². The zero-order valence-electron chi connectivity index (χ0n) is 11.7. The van der Waals surface area contributed by atoms with Gasteiger partial charge < -0.3 is 14.4 Å². The van der Waals surface area contributed by atoms with Gasteiger partial charge in [-0.1, -0.05) is 23.2 Å². The van der Waals surface area contributed by atoms with Crippen molar-refractivity contribution in [2.45, 2.75) is 45.8 Å². The molecule has 0 aliphatic carbocycles. The molecule has 0 aromatic heterocycles. The SMILES string of the molecule is Cc1c(B2OC(C)(C)C(C)(C)O2)cc(Cl)c(O)c1Cl. The molecule has 0 amide bonds. The minimum absolute atomic E-state index is 0.110. The molecule has 6 heteroatoms. The smallest absolute Gasteiger partial charge is 0.495 e. The Labute approximate surface area is 124 Å². The maximum atomic E-state index is 9.71. The maximum Gasteiger partial charge on any atom is 0.495 e. The van der Waals surface area contributed by atoms with Crippen molar-refractivity contribution in [1.82, 2.24) is 0 Å². The predicted molar refractivity (Wildman–Crippen MR) is 78.6 cm³/mol. The van der Waals surface area contributed by atoms with Crippen LogP contribution in [0.5, 0.6) is 5.75 Å². The van der Waals surface area contributed by atoms with Gasteiger partial charge in [0.1, 0.15) is 0 Å². The molecule has 1 saturated heterocycles. The van der Waals surface area contributed by atoms with Crippen molar-refractivity contribution in [3.8, 4) is 5.75 Å². The lowest BCUT2D eigenvalue weighted by atomic mass is 9.76. The fourth-order valence-electron chi connectivity index (χ4n) is 1.94.